The van der Waals surface area contributed by atoms with Crippen molar-refractivity contribution in [2.45, 2.75) is 62.4 Å². The number of hydrogen-bond acceptors (Lipinski definition) is 10. The molecule has 0 saturated carbocycles. The third-order valence-electron chi connectivity index (χ3n) is 9.64. The molecule has 2 unspecified atom stereocenters. The largest absolute Gasteiger partial charge is 0.332 e. The number of fused-ring (bicyclic) bond motifs is 1. The minimum absolute atomic E-state index is 0.0240. The minimum Gasteiger partial charge on any atom is -0.332 e. The summed E-state index contributed by atoms with van der Waals surface area (Å²) in [5, 5.41) is 31.5. The van der Waals surface area contributed by atoms with E-state index in [0.717, 1.165) is 30.6 Å². The van der Waals surface area contributed by atoms with Crippen LogP contribution in [0, 0.1) is 20.2 Å². The first kappa shape index (κ1) is 40.5. The van der Waals surface area contributed by atoms with Gasteiger partial charge in [-0.3, -0.25) is 29.8 Å². The lowest BCUT2D eigenvalue weighted by atomic mass is 9.93. The van der Waals surface area contributed by atoms with E-state index in [-0.39, 0.29) is 48.0 Å². The van der Waals surface area contributed by atoms with Crippen LogP contribution in [-0.2, 0) is 20.8 Å². The number of nitro groups is 2. The number of likely N-dealkylation sites (tertiary alicyclic amines) is 1. The molecule has 0 spiro atoms. The molecule has 288 valence electrons. The number of non-ortho nitro benzene ring substituents is 2. The smallest absolute Gasteiger partial charge is 0.315 e. The van der Waals surface area contributed by atoms with Crippen molar-refractivity contribution < 1.29 is 29.0 Å². The van der Waals surface area contributed by atoms with Crippen molar-refractivity contribution in [2.75, 3.05) is 25.9 Å². The van der Waals surface area contributed by atoms with Gasteiger partial charge in [-0.15, -0.1) is 0 Å². The molecule has 4 atom stereocenters. The van der Waals surface area contributed by atoms with Gasteiger partial charge in [0.15, 0.2) is 5.78 Å². The molecule has 3 aromatic carbocycles. The van der Waals surface area contributed by atoms with Crippen molar-refractivity contribution in [1.82, 2.24) is 20.9 Å². The molecule has 0 radical (unpaired) electrons. The van der Waals surface area contributed by atoms with Gasteiger partial charge in [-0.25, -0.2) is 4.79 Å². The molecule has 0 aliphatic carbocycles. The van der Waals surface area contributed by atoms with Crippen LogP contribution in [-0.4, -0.2) is 87.5 Å². The molecule has 14 nitrogen and oxygen atoms in total. The Balaban J connectivity index is 0.000000301. The highest BCUT2D eigenvalue weighted by atomic mass is 32.2. The predicted octanol–water partition coefficient (Wildman–Crippen LogP) is 5.51. The first-order valence-corrected chi connectivity index (χ1v) is 19.1. The molecule has 3 N–H and O–H groups in total. The SMILES string of the molecule is CC(=O)CCCC[C@@H]1SCC2NC(=O)NC21.CN[C@H](Cc1ccccc1)C(=O)N1C/C(=C\c2ccc([N+](=O)[O-])cc2)C(=O)/C(=C/c2ccc([N+](=O)[O-])cc2)C1. The average Bonchev–Trinajstić information content (AvgIpc) is 3.73. The zero-order valence-corrected chi connectivity index (χ0v) is 31.5. The van der Waals surface area contributed by atoms with Crippen molar-refractivity contribution in [3.8, 4) is 0 Å². The summed E-state index contributed by atoms with van der Waals surface area (Å²) in [7, 11) is 1.71. The summed E-state index contributed by atoms with van der Waals surface area (Å²) in [5.74, 6) is 0.839. The van der Waals surface area contributed by atoms with Crippen molar-refractivity contribution in [1.29, 1.82) is 0 Å². The number of hydrogen-bond donors (Lipinski definition) is 3. The molecule has 0 aromatic heterocycles. The van der Waals surface area contributed by atoms with E-state index in [4.69, 9.17) is 0 Å². The van der Waals surface area contributed by atoms with Crippen LogP contribution < -0.4 is 16.0 Å². The van der Waals surface area contributed by atoms with Crippen molar-refractivity contribution in [2.24, 2.45) is 0 Å². The lowest BCUT2D eigenvalue weighted by Gasteiger charge is -2.32. The predicted molar refractivity (Wildman–Crippen MR) is 211 cm³/mol. The first-order chi connectivity index (χ1) is 26.4. The number of carbonyl (C=O) groups is 4. The third kappa shape index (κ3) is 11.2. The number of ketones is 2. The summed E-state index contributed by atoms with van der Waals surface area (Å²) in [5.41, 5.74) is 2.73. The van der Waals surface area contributed by atoms with Crippen molar-refractivity contribution in [3.63, 3.8) is 0 Å². The number of carbonyl (C=O) groups excluding carboxylic acids is 4. The second-order valence-electron chi connectivity index (χ2n) is 13.7. The standard InChI is InChI=1S/C29H26N4O6.C11H18N2O2S/c1-30-27(17-20-5-3-2-4-6-20)29(35)31-18-23(15-21-7-11-25(12-8-21)32(36)37)28(34)24(19-31)16-22-9-13-26(14-10-22)33(38)39;1-7(14)4-2-3-5-9-10-8(6-16-9)12-11(15)13-10/h2-16,27,30H,17-19H2,1H3;8-10H,2-6H2,1H3,(H2,12,13,15)/b23-15+,24-16+;/t27-;8?,9-,10?/m10/s1. The molecule has 3 aliphatic rings. The number of piperidine rings is 1. The molecule has 3 aromatic rings. The zero-order chi connectivity index (χ0) is 39.5. The van der Waals surface area contributed by atoms with Gasteiger partial charge in [-0.2, -0.15) is 11.8 Å². The van der Waals surface area contributed by atoms with E-state index in [0.29, 0.717) is 52.4 Å². The highest BCUT2D eigenvalue weighted by molar-refractivity contribution is 8.00. The van der Waals surface area contributed by atoms with Crippen LogP contribution in [0.4, 0.5) is 16.2 Å². The fraction of sp³-hybridized carbons (Fsp3) is 0.350. The summed E-state index contributed by atoms with van der Waals surface area (Å²) in [6, 6.07) is 21.3. The summed E-state index contributed by atoms with van der Waals surface area (Å²) in [6.45, 7) is 1.78. The van der Waals surface area contributed by atoms with E-state index in [2.05, 4.69) is 16.0 Å². The number of nitrogens with zero attached hydrogens (tertiary/aromatic N) is 3. The van der Waals surface area contributed by atoms with Gasteiger partial charge in [-0.1, -0.05) is 36.8 Å². The molecule has 55 heavy (non-hydrogen) atoms. The molecule has 15 heteroatoms. The molecule has 3 heterocycles. The Labute approximate surface area is 323 Å². The fourth-order valence-corrected chi connectivity index (χ4v) is 8.27. The molecule has 3 amide bonds. The van der Waals surface area contributed by atoms with Crippen LogP contribution in [0.3, 0.4) is 0 Å². The maximum absolute atomic E-state index is 13.6. The van der Waals surface area contributed by atoms with Gasteiger partial charge < -0.3 is 25.6 Å². The Bertz CT molecular complexity index is 1870. The molecular formula is C40H44N6O8S. The molecule has 3 saturated heterocycles. The molecular weight excluding hydrogens is 725 g/mol. The number of unbranched alkanes of at least 4 members (excludes halogenated alkanes) is 1. The Morgan fingerprint density at radius 1 is 0.873 bits per heavy atom. The van der Waals surface area contributed by atoms with Crippen LogP contribution in [0.1, 0.15) is 49.3 Å². The summed E-state index contributed by atoms with van der Waals surface area (Å²) in [4.78, 5) is 71.7. The highest BCUT2D eigenvalue weighted by Gasteiger charge is 2.42. The molecule has 3 aliphatic heterocycles. The number of urea groups is 1. The average molecular weight is 769 g/mol. The highest BCUT2D eigenvalue weighted by Crippen LogP contribution is 2.33. The summed E-state index contributed by atoms with van der Waals surface area (Å²) < 4.78 is 0. The third-order valence-corrected chi connectivity index (χ3v) is 11.2. The maximum atomic E-state index is 13.6. The van der Waals surface area contributed by atoms with Gasteiger partial charge in [0.25, 0.3) is 11.4 Å². The van der Waals surface area contributed by atoms with E-state index >= 15 is 0 Å². The number of nitro benzene ring substituents is 2. The van der Waals surface area contributed by atoms with Crippen molar-refractivity contribution >= 4 is 58.8 Å². The number of likely N-dealkylation sites (N-methyl/N-ethyl adjacent to an activating group) is 1. The summed E-state index contributed by atoms with van der Waals surface area (Å²) >= 11 is 1.93. The van der Waals surface area contributed by atoms with E-state index in [1.165, 1.54) is 24.3 Å². The second kappa shape index (κ2) is 19.1. The zero-order valence-electron chi connectivity index (χ0n) is 30.6. The lowest BCUT2D eigenvalue weighted by molar-refractivity contribution is -0.385. The number of benzene rings is 3. The topological polar surface area (TPSA) is 194 Å². The van der Waals surface area contributed by atoms with E-state index in [1.807, 2.05) is 42.1 Å². The van der Waals surface area contributed by atoms with Crippen LogP contribution in [0.25, 0.3) is 12.2 Å². The van der Waals surface area contributed by atoms with Gasteiger partial charge >= 0.3 is 6.03 Å². The van der Waals surface area contributed by atoms with Crippen LogP contribution >= 0.6 is 11.8 Å². The second-order valence-corrected chi connectivity index (χ2v) is 14.9. The first-order valence-electron chi connectivity index (χ1n) is 18.0. The van der Waals surface area contributed by atoms with Gasteiger partial charge in [0.05, 0.1) is 28.0 Å². The van der Waals surface area contributed by atoms with Crippen LogP contribution in [0.15, 0.2) is 90.0 Å². The fourth-order valence-electron chi connectivity index (χ4n) is 6.73. The number of amides is 3. The lowest BCUT2D eigenvalue weighted by Crippen LogP contribution is -2.50. The summed E-state index contributed by atoms with van der Waals surface area (Å²) in [6.07, 6.45) is 7.56. The number of rotatable bonds is 13. The number of thioether (sulfide) groups is 1. The number of Topliss-reactive ketones (excluding diaryl/α,β-unsaturated/α-hetero) is 2. The Hall–Kier alpha value is -5.67. The van der Waals surface area contributed by atoms with Gasteiger partial charge in [0.1, 0.15) is 5.78 Å². The Morgan fingerprint density at radius 2 is 1.44 bits per heavy atom. The quantitative estimate of drug-likeness (QED) is 0.0656. The van der Waals surface area contributed by atoms with Gasteiger partial charge in [-0.05, 0) is 86.3 Å². The minimum atomic E-state index is -0.526. The van der Waals surface area contributed by atoms with Gasteiger partial charge in [0, 0.05) is 65.9 Å². The molecule has 0 bridgehead atoms. The van der Waals surface area contributed by atoms with E-state index in [1.54, 1.807) is 55.3 Å². The maximum Gasteiger partial charge on any atom is 0.315 e. The Morgan fingerprint density at radius 3 is 1.95 bits per heavy atom. The molecule has 6 rings (SSSR count). The van der Waals surface area contributed by atoms with E-state index < -0.39 is 15.9 Å². The van der Waals surface area contributed by atoms with E-state index in [9.17, 15) is 39.4 Å². The Kier molecular flexibility index (Phi) is 14.1. The van der Waals surface area contributed by atoms with Crippen LogP contribution in [0.5, 0.6) is 0 Å². The normalized spacial score (nSPS) is 20.9. The number of nitrogens with one attached hydrogen (secondary N) is 3. The van der Waals surface area contributed by atoms with Crippen LogP contribution in [0.2, 0.25) is 0 Å². The molecule has 3 fully saturated rings. The van der Waals surface area contributed by atoms with Crippen molar-refractivity contribution in [3.05, 3.63) is 127 Å². The monoisotopic (exact) mass is 768 g/mol. The van der Waals surface area contributed by atoms with Gasteiger partial charge in [0.2, 0.25) is 5.91 Å².